The summed E-state index contributed by atoms with van der Waals surface area (Å²) < 4.78 is 5.18. The highest BCUT2D eigenvalue weighted by atomic mass is 16.5. The fourth-order valence-electron chi connectivity index (χ4n) is 2.70. The van der Waals surface area contributed by atoms with Crippen LogP contribution in [0.15, 0.2) is 0 Å². The fourth-order valence-corrected chi connectivity index (χ4v) is 2.70. The van der Waals surface area contributed by atoms with E-state index in [2.05, 4.69) is 6.92 Å². The van der Waals surface area contributed by atoms with Crippen LogP contribution in [-0.4, -0.2) is 65.8 Å². The van der Waals surface area contributed by atoms with Crippen molar-refractivity contribution in [3.8, 4) is 0 Å². The van der Waals surface area contributed by atoms with E-state index in [0.717, 1.165) is 19.5 Å². The van der Waals surface area contributed by atoms with Crippen LogP contribution in [0.5, 0.6) is 0 Å². The first kappa shape index (κ1) is 13.1. The predicted octanol–water partition coefficient (Wildman–Crippen LogP) is 0.622. The van der Waals surface area contributed by atoms with E-state index < -0.39 is 12.0 Å². The Morgan fingerprint density at radius 3 is 2.56 bits per heavy atom. The highest BCUT2D eigenvalue weighted by Crippen LogP contribution is 2.24. The van der Waals surface area contributed by atoms with Gasteiger partial charge in [0.15, 0.2) is 0 Å². The van der Waals surface area contributed by atoms with Crippen LogP contribution in [0.2, 0.25) is 0 Å². The Morgan fingerprint density at radius 1 is 1.33 bits per heavy atom. The van der Waals surface area contributed by atoms with Gasteiger partial charge >= 0.3 is 12.0 Å². The number of aliphatic carboxylic acids is 1. The number of rotatable bonds is 2. The van der Waals surface area contributed by atoms with Crippen molar-refractivity contribution in [2.24, 2.45) is 5.92 Å². The lowest BCUT2D eigenvalue weighted by molar-refractivity contribution is -0.141. The number of carboxylic acid groups (broad SMARTS) is 1. The smallest absolute Gasteiger partial charge is 0.326 e. The molecular weight excluding hydrogens is 236 g/mol. The van der Waals surface area contributed by atoms with Crippen molar-refractivity contribution in [1.29, 1.82) is 0 Å². The van der Waals surface area contributed by atoms with Crippen LogP contribution in [-0.2, 0) is 9.53 Å². The zero-order valence-corrected chi connectivity index (χ0v) is 10.8. The molecule has 102 valence electrons. The first-order valence-electron chi connectivity index (χ1n) is 6.34. The Hall–Kier alpha value is -1.30. The highest BCUT2D eigenvalue weighted by Gasteiger charge is 2.42. The summed E-state index contributed by atoms with van der Waals surface area (Å²) >= 11 is 0. The van der Waals surface area contributed by atoms with Gasteiger partial charge in [0, 0.05) is 33.2 Å². The van der Waals surface area contributed by atoms with Crippen LogP contribution >= 0.6 is 0 Å². The molecule has 2 saturated heterocycles. The Labute approximate surface area is 106 Å². The third-order valence-corrected chi connectivity index (χ3v) is 3.82. The lowest BCUT2D eigenvalue weighted by atomic mass is 10.2. The Balaban J connectivity index is 2.05. The van der Waals surface area contributed by atoms with Gasteiger partial charge in [-0.2, -0.15) is 0 Å². The van der Waals surface area contributed by atoms with E-state index >= 15 is 0 Å². The first-order valence-corrected chi connectivity index (χ1v) is 6.34. The van der Waals surface area contributed by atoms with E-state index in [1.165, 1.54) is 4.90 Å². The molecule has 1 N–H and O–H groups in total. The van der Waals surface area contributed by atoms with Crippen molar-refractivity contribution in [2.45, 2.75) is 31.9 Å². The van der Waals surface area contributed by atoms with Crippen LogP contribution in [0.1, 0.15) is 19.8 Å². The molecule has 0 spiro atoms. The summed E-state index contributed by atoms with van der Waals surface area (Å²) in [6, 6.07) is -0.912. The van der Waals surface area contributed by atoms with Gasteiger partial charge < -0.3 is 19.6 Å². The number of methoxy groups -OCH3 is 1. The largest absolute Gasteiger partial charge is 0.480 e. The molecule has 2 rings (SSSR count). The van der Waals surface area contributed by atoms with E-state index in [-0.39, 0.29) is 12.1 Å². The average Bonchev–Trinajstić information content (AvgIpc) is 2.93. The first-order chi connectivity index (χ1) is 8.52. The lowest BCUT2D eigenvalue weighted by Crippen LogP contribution is -2.47. The summed E-state index contributed by atoms with van der Waals surface area (Å²) in [5.74, 6) is -0.451. The van der Waals surface area contributed by atoms with Crippen LogP contribution in [0, 0.1) is 5.92 Å². The number of nitrogens with zero attached hydrogens (tertiary/aromatic N) is 2. The van der Waals surface area contributed by atoms with E-state index in [1.807, 2.05) is 0 Å². The number of urea groups is 1. The summed E-state index contributed by atoms with van der Waals surface area (Å²) in [5, 5.41) is 9.17. The van der Waals surface area contributed by atoms with E-state index in [9.17, 15) is 14.7 Å². The summed E-state index contributed by atoms with van der Waals surface area (Å²) in [6.07, 6.45) is 1.20. The molecule has 0 aromatic carbocycles. The van der Waals surface area contributed by atoms with Gasteiger partial charge in [0.2, 0.25) is 0 Å². The molecule has 2 fully saturated rings. The van der Waals surface area contributed by atoms with E-state index in [1.54, 1.807) is 12.0 Å². The summed E-state index contributed by atoms with van der Waals surface area (Å²) in [4.78, 5) is 26.7. The predicted molar refractivity (Wildman–Crippen MR) is 64.3 cm³/mol. The maximum Gasteiger partial charge on any atom is 0.326 e. The molecule has 0 saturated carbocycles. The Bertz CT molecular complexity index is 347. The molecule has 0 bridgehead atoms. The maximum atomic E-state index is 12.3. The van der Waals surface area contributed by atoms with Gasteiger partial charge in [0.1, 0.15) is 6.04 Å². The Kier molecular flexibility index (Phi) is 3.75. The molecule has 18 heavy (non-hydrogen) atoms. The van der Waals surface area contributed by atoms with Gasteiger partial charge in [-0.25, -0.2) is 9.59 Å². The van der Waals surface area contributed by atoms with Crippen LogP contribution in [0.4, 0.5) is 4.79 Å². The normalized spacial score (nSPS) is 32.0. The number of likely N-dealkylation sites (tertiary alicyclic amines) is 2. The number of ether oxygens (including phenoxy) is 1. The summed E-state index contributed by atoms with van der Waals surface area (Å²) in [5.41, 5.74) is 0. The van der Waals surface area contributed by atoms with Crippen molar-refractivity contribution in [2.75, 3.05) is 26.7 Å². The van der Waals surface area contributed by atoms with Crippen molar-refractivity contribution in [1.82, 2.24) is 9.80 Å². The van der Waals surface area contributed by atoms with Crippen molar-refractivity contribution in [3.63, 3.8) is 0 Å². The van der Waals surface area contributed by atoms with E-state index in [0.29, 0.717) is 18.9 Å². The molecule has 2 aliphatic heterocycles. The molecule has 2 aliphatic rings. The molecule has 0 radical (unpaired) electrons. The van der Waals surface area contributed by atoms with Gasteiger partial charge in [-0.3, -0.25) is 0 Å². The van der Waals surface area contributed by atoms with Crippen molar-refractivity contribution in [3.05, 3.63) is 0 Å². The number of hydrogen-bond donors (Lipinski definition) is 1. The molecule has 6 heteroatoms. The quantitative estimate of drug-likeness (QED) is 0.786. The molecule has 2 amide bonds. The minimum absolute atomic E-state index is 0.161. The number of hydrogen-bond acceptors (Lipinski definition) is 3. The minimum Gasteiger partial charge on any atom is -0.480 e. The van der Waals surface area contributed by atoms with E-state index in [4.69, 9.17) is 4.74 Å². The van der Waals surface area contributed by atoms with Crippen molar-refractivity contribution < 1.29 is 19.4 Å². The zero-order chi connectivity index (χ0) is 13.3. The standard InChI is InChI=1S/C12H20N2O4/c1-8-3-4-13(6-8)12(17)14-7-9(18-2)5-10(14)11(15)16/h8-10H,3-7H2,1-2H3,(H,15,16). The number of carbonyl (C=O) groups is 2. The van der Waals surface area contributed by atoms with Crippen LogP contribution in [0.25, 0.3) is 0 Å². The minimum atomic E-state index is -0.949. The highest BCUT2D eigenvalue weighted by molar-refractivity contribution is 5.83. The number of carboxylic acids is 1. The third kappa shape index (κ3) is 2.43. The lowest BCUT2D eigenvalue weighted by Gasteiger charge is -2.27. The third-order valence-electron chi connectivity index (χ3n) is 3.82. The molecule has 2 heterocycles. The van der Waals surface area contributed by atoms with Gasteiger partial charge in [-0.15, -0.1) is 0 Å². The van der Waals surface area contributed by atoms with Gasteiger partial charge in [-0.1, -0.05) is 6.92 Å². The second-order valence-electron chi connectivity index (χ2n) is 5.22. The number of amides is 2. The molecule has 3 atom stereocenters. The van der Waals surface area contributed by atoms with Crippen molar-refractivity contribution >= 4 is 12.0 Å². The van der Waals surface area contributed by atoms with Crippen LogP contribution in [0.3, 0.4) is 0 Å². The molecule has 6 nitrogen and oxygen atoms in total. The SMILES string of the molecule is COC1CC(C(=O)O)N(C(=O)N2CCC(C)C2)C1. The molecule has 0 aliphatic carbocycles. The second-order valence-corrected chi connectivity index (χ2v) is 5.22. The molecule has 0 aromatic heterocycles. The van der Waals surface area contributed by atoms with Gasteiger partial charge in [0.25, 0.3) is 0 Å². The summed E-state index contributed by atoms with van der Waals surface area (Å²) in [6.45, 7) is 3.92. The fraction of sp³-hybridized carbons (Fsp3) is 0.833. The Morgan fingerprint density at radius 2 is 2.06 bits per heavy atom. The maximum absolute atomic E-state index is 12.3. The second kappa shape index (κ2) is 5.14. The molecule has 0 aromatic rings. The van der Waals surface area contributed by atoms with Gasteiger partial charge in [0.05, 0.1) is 6.10 Å². The number of carbonyl (C=O) groups excluding carboxylic acids is 1. The van der Waals surface area contributed by atoms with Crippen LogP contribution < -0.4 is 0 Å². The topological polar surface area (TPSA) is 70.1 Å². The average molecular weight is 256 g/mol. The molecule has 3 unspecified atom stereocenters. The summed E-state index contributed by atoms with van der Waals surface area (Å²) in [7, 11) is 1.55. The molecular formula is C12H20N2O4. The monoisotopic (exact) mass is 256 g/mol. The van der Waals surface area contributed by atoms with Gasteiger partial charge in [-0.05, 0) is 12.3 Å². The zero-order valence-electron chi connectivity index (χ0n) is 10.8.